The van der Waals surface area contributed by atoms with Crippen molar-refractivity contribution in [1.29, 1.82) is 0 Å². The summed E-state index contributed by atoms with van der Waals surface area (Å²) >= 11 is 0. The van der Waals surface area contributed by atoms with Crippen LogP contribution in [0.25, 0.3) is 0 Å². The predicted molar refractivity (Wildman–Crippen MR) is 67.3 cm³/mol. The molecule has 0 saturated carbocycles. The molecule has 0 radical (unpaired) electrons. The Kier molecular flexibility index (Phi) is 6.92. The van der Waals surface area contributed by atoms with Crippen LogP contribution < -0.4 is 61.6 Å². The molecule has 1 aromatic heterocycles. The number of hydrogen-bond acceptors (Lipinski definition) is 2. The third-order valence-corrected chi connectivity index (χ3v) is 2.73. The molecule has 0 amide bonds. The molecule has 1 heterocycles. The number of ether oxygens (including phenoxy) is 1. The summed E-state index contributed by atoms with van der Waals surface area (Å²) in [4.78, 5) is 0. The second kappa shape index (κ2) is 7.78. The van der Waals surface area contributed by atoms with E-state index in [0.717, 1.165) is 12.1 Å². The fourth-order valence-corrected chi connectivity index (χ4v) is 1.72. The number of halogens is 4. The van der Waals surface area contributed by atoms with Crippen LogP contribution in [0.2, 0.25) is 0 Å². The second-order valence-corrected chi connectivity index (χ2v) is 4.25. The van der Waals surface area contributed by atoms with Gasteiger partial charge in [0.2, 0.25) is 0 Å². The van der Waals surface area contributed by atoms with Crippen LogP contribution in [0.15, 0.2) is 30.6 Å². The maximum absolute atomic E-state index is 12.9. The average molecular weight is 326 g/mol. The van der Waals surface area contributed by atoms with Crippen LogP contribution in [0.4, 0.5) is 17.3 Å². The first-order valence-corrected chi connectivity index (χ1v) is 6.03. The van der Waals surface area contributed by atoms with E-state index in [1.54, 1.807) is 10.9 Å². The molecule has 0 aliphatic heterocycles. The summed E-state index contributed by atoms with van der Waals surface area (Å²) in [5.74, 6) is -1.31. The average Bonchev–Trinajstić information content (AvgIpc) is 2.84. The van der Waals surface area contributed by atoms with Gasteiger partial charge >= 0.3 is 58.4 Å². The molecule has 0 atom stereocenters. The van der Waals surface area contributed by atoms with Crippen LogP contribution in [0.3, 0.4) is 0 Å². The van der Waals surface area contributed by atoms with E-state index in [4.69, 9.17) is 4.74 Å². The molecular formula is C12H12BF4KN2O. The standard InChI is InChI=1S/C12H12BF4N2O.K/c1-2-19-7-9(6-18-19)8-20-12-4-3-10(14)5-11(12)13(15,16)17;/h3-7H,2,8H2,1H3;/q-1;+1. The van der Waals surface area contributed by atoms with Crippen molar-refractivity contribution in [2.24, 2.45) is 0 Å². The van der Waals surface area contributed by atoms with E-state index >= 15 is 0 Å². The number of nitrogens with zero attached hydrogens (tertiary/aromatic N) is 2. The van der Waals surface area contributed by atoms with E-state index < -0.39 is 18.3 Å². The molecule has 2 rings (SSSR count). The molecule has 108 valence electrons. The smallest absolute Gasteiger partial charge is 0.492 e. The van der Waals surface area contributed by atoms with Gasteiger partial charge < -0.3 is 17.7 Å². The monoisotopic (exact) mass is 326 g/mol. The van der Waals surface area contributed by atoms with Gasteiger partial charge in [0.1, 0.15) is 12.4 Å². The Morgan fingerprint density at radius 3 is 2.57 bits per heavy atom. The van der Waals surface area contributed by atoms with Gasteiger partial charge in [-0.1, -0.05) is 5.46 Å². The van der Waals surface area contributed by atoms with Gasteiger partial charge in [-0.25, -0.2) is 4.39 Å². The van der Waals surface area contributed by atoms with E-state index in [1.165, 1.54) is 6.20 Å². The van der Waals surface area contributed by atoms with Gasteiger partial charge in [-0.05, 0) is 25.1 Å². The molecule has 0 unspecified atom stereocenters. The van der Waals surface area contributed by atoms with E-state index in [-0.39, 0.29) is 63.7 Å². The largest absolute Gasteiger partial charge is 1.00 e. The quantitative estimate of drug-likeness (QED) is 0.556. The molecule has 9 heteroatoms. The zero-order chi connectivity index (χ0) is 14.8. The van der Waals surface area contributed by atoms with Crippen LogP contribution >= 0.6 is 0 Å². The Bertz CT molecular complexity index is 603. The summed E-state index contributed by atoms with van der Waals surface area (Å²) in [7, 11) is 0. The van der Waals surface area contributed by atoms with Crippen molar-refractivity contribution in [2.45, 2.75) is 20.1 Å². The third kappa shape index (κ3) is 5.10. The maximum Gasteiger partial charge on any atom is 1.00 e. The third-order valence-electron chi connectivity index (χ3n) is 2.73. The topological polar surface area (TPSA) is 27.1 Å². The summed E-state index contributed by atoms with van der Waals surface area (Å²) in [5.41, 5.74) is -0.412. The molecule has 2 aromatic rings. The number of rotatable bonds is 5. The van der Waals surface area contributed by atoms with Crippen molar-refractivity contribution in [2.75, 3.05) is 0 Å². The fraction of sp³-hybridized carbons (Fsp3) is 0.250. The molecule has 0 saturated heterocycles. The van der Waals surface area contributed by atoms with Crippen LogP contribution in [-0.2, 0) is 13.2 Å². The number of hydrogen-bond donors (Lipinski definition) is 0. The Morgan fingerprint density at radius 2 is 2.00 bits per heavy atom. The van der Waals surface area contributed by atoms with Crippen molar-refractivity contribution < 1.29 is 73.5 Å². The van der Waals surface area contributed by atoms with E-state index in [0.29, 0.717) is 18.2 Å². The van der Waals surface area contributed by atoms with Gasteiger partial charge in [0, 0.05) is 18.3 Å². The molecular weight excluding hydrogens is 314 g/mol. The fourth-order valence-electron chi connectivity index (χ4n) is 1.72. The zero-order valence-electron chi connectivity index (χ0n) is 11.7. The second-order valence-electron chi connectivity index (χ2n) is 4.25. The summed E-state index contributed by atoms with van der Waals surface area (Å²) in [6, 6.07) is 2.38. The summed E-state index contributed by atoms with van der Waals surface area (Å²) < 4.78 is 58.1. The van der Waals surface area contributed by atoms with E-state index in [1.807, 2.05) is 6.92 Å². The Balaban J connectivity index is 0.00000220. The molecule has 0 N–H and O–H groups in total. The van der Waals surface area contributed by atoms with E-state index in [2.05, 4.69) is 5.10 Å². The van der Waals surface area contributed by atoms with Crippen molar-refractivity contribution in [3.05, 3.63) is 42.0 Å². The Labute approximate surface area is 162 Å². The molecule has 0 aliphatic rings. The van der Waals surface area contributed by atoms with Gasteiger partial charge in [0.25, 0.3) is 0 Å². The number of aryl methyl sites for hydroxylation is 1. The van der Waals surface area contributed by atoms with Gasteiger partial charge in [0.05, 0.1) is 11.9 Å². The molecule has 0 bridgehead atoms. The molecule has 0 fully saturated rings. The van der Waals surface area contributed by atoms with Gasteiger partial charge in [0.15, 0.2) is 0 Å². The van der Waals surface area contributed by atoms with E-state index in [9.17, 15) is 17.3 Å². The summed E-state index contributed by atoms with van der Waals surface area (Å²) in [6.07, 6.45) is 3.20. The summed E-state index contributed by atoms with van der Waals surface area (Å²) in [6.45, 7) is -2.82. The first kappa shape index (κ1) is 18.7. The minimum Gasteiger partial charge on any atom is -0.492 e. The number of aromatic nitrogens is 2. The molecule has 3 nitrogen and oxygen atoms in total. The Hall–Kier alpha value is -0.349. The van der Waals surface area contributed by atoms with Gasteiger partial charge in [-0.3, -0.25) is 4.68 Å². The normalized spacial score (nSPS) is 11.1. The van der Waals surface area contributed by atoms with Gasteiger partial charge in [-0.2, -0.15) is 5.10 Å². The Morgan fingerprint density at radius 1 is 1.29 bits per heavy atom. The first-order valence-electron chi connectivity index (χ1n) is 6.03. The van der Waals surface area contributed by atoms with Crippen LogP contribution in [0.5, 0.6) is 5.75 Å². The maximum atomic E-state index is 12.9. The zero-order valence-corrected chi connectivity index (χ0v) is 14.8. The first-order chi connectivity index (χ1) is 9.40. The molecule has 0 aliphatic carbocycles. The minimum atomic E-state index is -5.32. The molecule has 1 aromatic carbocycles. The van der Waals surface area contributed by atoms with Crippen LogP contribution in [-0.4, -0.2) is 16.8 Å². The van der Waals surface area contributed by atoms with Crippen molar-refractivity contribution >= 4 is 12.4 Å². The van der Waals surface area contributed by atoms with Crippen LogP contribution in [0.1, 0.15) is 12.5 Å². The number of benzene rings is 1. The molecule has 0 spiro atoms. The van der Waals surface area contributed by atoms with Crippen molar-refractivity contribution in [1.82, 2.24) is 9.78 Å². The van der Waals surface area contributed by atoms with Crippen molar-refractivity contribution in [3.63, 3.8) is 0 Å². The molecule has 21 heavy (non-hydrogen) atoms. The predicted octanol–water partition coefficient (Wildman–Crippen LogP) is -0.321. The van der Waals surface area contributed by atoms with Crippen LogP contribution in [0, 0.1) is 5.82 Å². The van der Waals surface area contributed by atoms with Crippen molar-refractivity contribution in [3.8, 4) is 5.75 Å². The summed E-state index contributed by atoms with van der Waals surface area (Å²) in [5, 5.41) is 3.99. The SMILES string of the molecule is CCn1cc(COc2ccc(F)cc2[B-](F)(F)F)cn1.[K+]. The minimum absolute atomic E-state index is 0. The van der Waals surface area contributed by atoms with Gasteiger partial charge in [-0.15, -0.1) is 0 Å².